The van der Waals surface area contributed by atoms with E-state index in [-0.39, 0.29) is 11.7 Å². The molecule has 2 aromatic carbocycles. The fraction of sp³-hybridized carbons (Fsp3) is 0.188. The number of hydrogen-bond acceptors (Lipinski definition) is 3. The lowest BCUT2D eigenvalue weighted by atomic mass is 10.2. The molecule has 3 nitrogen and oxygen atoms in total. The van der Waals surface area contributed by atoms with Gasteiger partial charge in [-0.3, -0.25) is 0 Å². The van der Waals surface area contributed by atoms with Gasteiger partial charge in [0.1, 0.15) is 5.75 Å². The van der Waals surface area contributed by atoms with E-state index in [9.17, 15) is 26.7 Å². The van der Waals surface area contributed by atoms with Crippen molar-refractivity contribution < 1.29 is 36.2 Å². The molecule has 0 aliphatic rings. The molecule has 0 spiro atoms. The summed E-state index contributed by atoms with van der Waals surface area (Å²) in [6.45, 7) is 3.55. The molecule has 134 valence electrons. The molecule has 0 heterocycles. The SMILES string of the molecule is CC(C)Oc1ccc(C(=O)Oc2c(F)c(F)c(F)c(F)c2F)cc1Br. The van der Waals surface area contributed by atoms with Crippen molar-refractivity contribution in [3.05, 3.63) is 57.3 Å². The maximum Gasteiger partial charge on any atom is 0.343 e. The molecule has 0 saturated carbocycles. The monoisotopic (exact) mass is 424 g/mol. The normalized spacial score (nSPS) is 10.9. The number of ether oxygens (including phenoxy) is 2. The third-order valence-corrected chi connectivity index (χ3v) is 3.51. The standard InChI is InChI=1S/C16H10BrF5O3/c1-6(2)24-9-4-3-7(5-8(9)17)16(23)25-15-13(21)11(19)10(18)12(20)14(15)22/h3-6H,1-2H3. The van der Waals surface area contributed by atoms with Crippen LogP contribution in [-0.4, -0.2) is 12.1 Å². The predicted molar refractivity (Wildman–Crippen MR) is 81.1 cm³/mol. The van der Waals surface area contributed by atoms with E-state index in [0.29, 0.717) is 10.2 Å². The number of rotatable bonds is 4. The Balaban J connectivity index is 2.34. The van der Waals surface area contributed by atoms with E-state index in [1.54, 1.807) is 13.8 Å². The molecule has 0 fully saturated rings. The van der Waals surface area contributed by atoms with Crippen molar-refractivity contribution in [3.8, 4) is 11.5 Å². The van der Waals surface area contributed by atoms with Gasteiger partial charge in [-0.1, -0.05) is 0 Å². The van der Waals surface area contributed by atoms with Crippen LogP contribution in [0, 0.1) is 29.1 Å². The highest BCUT2D eigenvalue weighted by Crippen LogP contribution is 2.31. The largest absolute Gasteiger partial charge is 0.490 e. The molecule has 9 heteroatoms. The molecule has 0 aromatic heterocycles. The Labute approximate surface area is 147 Å². The summed E-state index contributed by atoms with van der Waals surface area (Å²) in [6, 6.07) is 3.84. The number of hydrogen-bond donors (Lipinski definition) is 0. The number of esters is 1. The van der Waals surface area contributed by atoms with E-state index in [2.05, 4.69) is 20.7 Å². The number of benzene rings is 2. The zero-order valence-electron chi connectivity index (χ0n) is 12.8. The molecule has 2 aromatic rings. The first-order chi connectivity index (χ1) is 11.6. The maximum atomic E-state index is 13.5. The lowest BCUT2D eigenvalue weighted by molar-refractivity contribution is 0.0716. The van der Waals surface area contributed by atoms with Crippen molar-refractivity contribution in [2.75, 3.05) is 0 Å². The molecule has 0 N–H and O–H groups in total. The van der Waals surface area contributed by atoms with Crippen molar-refractivity contribution in [1.82, 2.24) is 0 Å². The third-order valence-electron chi connectivity index (χ3n) is 2.89. The summed E-state index contributed by atoms with van der Waals surface area (Å²) in [4.78, 5) is 12.0. The van der Waals surface area contributed by atoms with Crippen molar-refractivity contribution in [2.45, 2.75) is 20.0 Å². The van der Waals surface area contributed by atoms with E-state index >= 15 is 0 Å². The first kappa shape index (κ1) is 19.2. The number of halogens is 6. The van der Waals surface area contributed by atoms with Crippen LogP contribution in [0.5, 0.6) is 11.5 Å². The van der Waals surface area contributed by atoms with Gasteiger partial charge in [0.2, 0.25) is 34.8 Å². The van der Waals surface area contributed by atoms with E-state index in [1.165, 1.54) is 18.2 Å². The highest BCUT2D eigenvalue weighted by atomic mass is 79.9. The predicted octanol–water partition coefficient (Wildman–Crippen LogP) is 5.15. The lowest BCUT2D eigenvalue weighted by Crippen LogP contribution is -2.14. The van der Waals surface area contributed by atoms with Crippen LogP contribution >= 0.6 is 15.9 Å². The summed E-state index contributed by atoms with van der Waals surface area (Å²) in [5, 5.41) is 0. The number of carbonyl (C=O) groups excluding carboxylic acids is 1. The second-order valence-corrected chi connectivity index (χ2v) is 5.95. The number of carbonyl (C=O) groups is 1. The Morgan fingerprint density at radius 3 is 1.96 bits per heavy atom. The summed E-state index contributed by atoms with van der Waals surface area (Å²) in [5.41, 5.74) is -0.188. The van der Waals surface area contributed by atoms with E-state index in [4.69, 9.17) is 4.74 Å². The van der Waals surface area contributed by atoms with Gasteiger partial charge >= 0.3 is 5.97 Å². The van der Waals surface area contributed by atoms with Gasteiger partial charge in [0, 0.05) is 0 Å². The van der Waals surface area contributed by atoms with Crippen LogP contribution in [-0.2, 0) is 0 Å². The third kappa shape index (κ3) is 3.92. The average molecular weight is 425 g/mol. The molecule has 0 amide bonds. The molecular formula is C16H10BrF5O3. The van der Waals surface area contributed by atoms with Gasteiger partial charge in [0.15, 0.2) is 0 Å². The van der Waals surface area contributed by atoms with E-state index in [1.807, 2.05) is 0 Å². The first-order valence-corrected chi connectivity index (χ1v) is 7.62. The van der Waals surface area contributed by atoms with Crippen LogP contribution in [0.2, 0.25) is 0 Å². The molecular weight excluding hydrogens is 415 g/mol. The molecule has 0 radical (unpaired) electrons. The van der Waals surface area contributed by atoms with Gasteiger partial charge in [-0.15, -0.1) is 0 Å². The molecule has 25 heavy (non-hydrogen) atoms. The second-order valence-electron chi connectivity index (χ2n) is 5.10. The van der Waals surface area contributed by atoms with Gasteiger partial charge in [0.25, 0.3) is 0 Å². The average Bonchev–Trinajstić information content (AvgIpc) is 2.56. The molecule has 2 rings (SSSR count). The lowest BCUT2D eigenvalue weighted by Gasteiger charge is -2.13. The van der Waals surface area contributed by atoms with Crippen LogP contribution in [0.3, 0.4) is 0 Å². The van der Waals surface area contributed by atoms with Crippen molar-refractivity contribution in [3.63, 3.8) is 0 Å². The highest BCUT2D eigenvalue weighted by molar-refractivity contribution is 9.10. The smallest absolute Gasteiger partial charge is 0.343 e. The van der Waals surface area contributed by atoms with Gasteiger partial charge in [-0.05, 0) is 48.0 Å². The Bertz CT molecular complexity index is 810. The first-order valence-electron chi connectivity index (χ1n) is 6.83. The zero-order valence-corrected chi connectivity index (χ0v) is 14.4. The zero-order chi connectivity index (χ0) is 18.9. The minimum atomic E-state index is -2.34. The molecule has 0 aliphatic carbocycles. The summed E-state index contributed by atoms with van der Waals surface area (Å²) < 4.78 is 76.4. The molecule has 0 bridgehead atoms. The fourth-order valence-electron chi connectivity index (χ4n) is 1.80. The van der Waals surface area contributed by atoms with Crippen LogP contribution in [0.4, 0.5) is 22.0 Å². The molecule has 0 saturated heterocycles. The van der Waals surface area contributed by atoms with E-state index in [0.717, 1.165) is 0 Å². The maximum absolute atomic E-state index is 13.5. The second kappa shape index (κ2) is 7.38. The molecule has 0 atom stereocenters. The summed E-state index contributed by atoms with van der Waals surface area (Å²) in [5.74, 6) is -13.8. The van der Waals surface area contributed by atoms with Crippen LogP contribution in [0.15, 0.2) is 22.7 Å². The summed E-state index contributed by atoms with van der Waals surface area (Å²) in [6.07, 6.45) is -0.151. The quantitative estimate of drug-likeness (QED) is 0.224. The summed E-state index contributed by atoms with van der Waals surface area (Å²) in [7, 11) is 0. The van der Waals surface area contributed by atoms with E-state index < -0.39 is 40.8 Å². The Morgan fingerprint density at radius 2 is 1.48 bits per heavy atom. The Morgan fingerprint density at radius 1 is 0.960 bits per heavy atom. The highest BCUT2D eigenvalue weighted by Gasteiger charge is 2.29. The van der Waals surface area contributed by atoms with Gasteiger partial charge in [-0.2, -0.15) is 8.78 Å². The van der Waals surface area contributed by atoms with Gasteiger partial charge < -0.3 is 9.47 Å². The Kier molecular flexibility index (Phi) is 5.66. The minimum Gasteiger partial charge on any atom is -0.490 e. The van der Waals surface area contributed by atoms with Crippen molar-refractivity contribution >= 4 is 21.9 Å². The topological polar surface area (TPSA) is 35.5 Å². The van der Waals surface area contributed by atoms with Crippen LogP contribution in [0.25, 0.3) is 0 Å². The van der Waals surface area contributed by atoms with Gasteiger partial charge in [0.05, 0.1) is 16.1 Å². The molecule has 0 aliphatic heterocycles. The minimum absolute atomic E-state index is 0.151. The fourth-order valence-corrected chi connectivity index (χ4v) is 2.28. The Hall–Kier alpha value is -2.16. The molecule has 0 unspecified atom stereocenters. The van der Waals surface area contributed by atoms with Crippen LogP contribution < -0.4 is 9.47 Å². The van der Waals surface area contributed by atoms with Crippen LogP contribution in [0.1, 0.15) is 24.2 Å². The van der Waals surface area contributed by atoms with Crippen molar-refractivity contribution in [1.29, 1.82) is 0 Å². The van der Waals surface area contributed by atoms with Crippen molar-refractivity contribution in [2.24, 2.45) is 0 Å². The summed E-state index contributed by atoms with van der Waals surface area (Å²) >= 11 is 3.14. The van der Waals surface area contributed by atoms with Gasteiger partial charge in [-0.25, -0.2) is 18.0 Å².